The van der Waals surface area contributed by atoms with Gasteiger partial charge in [-0.25, -0.2) is 0 Å². The third-order valence-electron chi connectivity index (χ3n) is 4.11. The standard InChI is InChI=1S/C19H12O6S/c20-11-5-7-13-16(9-11)25-17-10-12(21)6-8-14(17)19(13)15-3-1-2-4-18(15)26(22,23)24/h1-10,20H,(H,22,23,24). The van der Waals surface area contributed by atoms with Crippen molar-refractivity contribution in [2.75, 3.05) is 0 Å². The van der Waals surface area contributed by atoms with Crippen LogP contribution in [0.4, 0.5) is 0 Å². The summed E-state index contributed by atoms with van der Waals surface area (Å²) in [4.78, 5) is 11.5. The minimum absolute atomic E-state index is 0.0344. The smallest absolute Gasteiger partial charge is 0.295 e. The molecule has 0 radical (unpaired) electrons. The Bertz CT molecular complexity index is 1290. The Morgan fingerprint density at radius 2 is 1.65 bits per heavy atom. The summed E-state index contributed by atoms with van der Waals surface area (Å²) in [7, 11) is -4.48. The fourth-order valence-electron chi connectivity index (χ4n) is 3.05. The summed E-state index contributed by atoms with van der Waals surface area (Å²) < 4.78 is 39.0. The first-order chi connectivity index (χ1) is 12.3. The molecule has 0 saturated carbocycles. The van der Waals surface area contributed by atoms with Crippen LogP contribution in [0.1, 0.15) is 0 Å². The largest absolute Gasteiger partial charge is 0.508 e. The number of phenolic OH excluding ortho intramolecular Hbond substituents is 1. The van der Waals surface area contributed by atoms with Gasteiger partial charge in [-0.05, 0) is 30.3 Å². The molecule has 0 bridgehead atoms. The van der Waals surface area contributed by atoms with Crippen LogP contribution in [0.5, 0.6) is 5.75 Å². The van der Waals surface area contributed by atoms with E-state index < -0.39 is 10.1 Å². The maximum atomic E-state index is 11.8. The Morgan fingerprint density at radius 3 is 2.42 bits per heavy atom. The van der Waals surface area contributed by atoms with E-state index in [0.29, 0.717) is 16.5 Å². The summed E-state index contributed by atoms with van der Waals surface area (Å²) in [6.45, 7) is 0. The Morgan fingerprint density at radius 1 is 0.885 bits per heavy atom. The molecule has 0 aromatic heterocycles. The number of hydrogen-bond donors (Lipinski definition) is 2. The molecular weight excluding hydrogens is 356 g/mol. The Hall–Kier alpha value is -3.16. The highest BCUT2D eigenvalue weighted by molar-refractivity contribution is 7.86. The lowest BCUT2D eigenvalue weighted by atomic mass is 9.93. The van der Waals surface area contributed by atoms with E-state index in [1.54, 1.807) is 24.3 Å². The summed E-state index contributed by atoms with van der Waals surface area (Å²) in [5.74, 6) is 0.212. The molecule has 0 unspecified atom stereocenters. The van der Waals surface area contributed by atoms with E-state index in [1.165, 1.54) is 36.4 Å². The summed E-state index contributed by atoms with van der Waals surface area (Å²) in [5, 5.41) is 10.3. The van der Waals surface area contributed by atoms with Gasteiger partial charge in [-0.15, -0.1) is 0 Å². The van der Waals surface area contributed by atoms with Gasteiger partial charge in [0, 0.05) is 34.2 Å². The van der Waals surface area contributed by atoms with E-state index in [1.807, 2.05) is 0 Å². The average Bonchev–Trinajstić information content (AvgIpc) is 2.58. The average molecular weight is 368 g/mol. The van der Waals surface area contributed by atoms with Crippen molar-refractivity contribution in [2.45, 2.75) is 4.90 Å². The zero-order valence-electron chi connectivity index (χ0n) is 13.2. The second kappa shape index (κ2) is 5.69. The SMILES string of the molecule is O=c1ccc2c(-c3ccccc3S(=O)(=O)O)c3ccc(O)cc3oc-2c1. The van der Waals surface area contributed by atoms with E-state index in [-0.39, 0.29) is 33.0 Å². The van der Waals surface area contributed by atoms with Crippen LogP contribution in [0.15, 0.2) is 74.8 Å². The minimum Gasteiger partial charge on any atom is -0.508 e. The quantitative estimate of drug-likeness (QED) is 0.414. The molecule has 0 spiro atoms. The molecule has 0 amide bonds. The van der Waals surface area contributed by atoms with Crippen LogP contribution in [0.3, 0.4) is 0 Å². The number of benzene rings is 3. The van der Waals surface area contributed by atoms with Crippen LogP contribution in [0.2, 0.25) is 0 Å². The van der Waals surface area contributed by atoms with Gasteiger partial charge in [0.25, 0.3) is 10.1 Å². The molecule has 1 heterocycles. The summed E-state index contributed by atoms with van der Waals surface area (Å²) in [6.07, 6.45) is 0. The fraction of sp³-hybridized carbons (Fsp3) is 0. The first-order valence-electron chi connectivity index (χ1n) is 7.61. The minimum atomic E-state index is -4.48. The van der Waals surface area contributed by atoms with Crippen molar-refractivity contribution in [2.24, 2.45) is 0 Å². The van der Waals surface area contributed by atoms with Crippen LogP contribution >= 0.6 is 0 Å². The number of aromatic hydroxyl groups is 1. The molecule has 0 saturated heterocycles. The first-order valence-corrected chi connectivity index (χ1v) is 9.05. The van der Waals surface area contributed by atoms with Gasteiger partial charge in [-0.2, -0.15) is 8.42 Å². The highest BCUT2D eigenvalue weighted by atomic mass is 32.2. The van der Waals surface area contributed by atoms with Crippen LogP contribution < -0.4 is 5.43 Å². The summed E-state index contributed by atoms with van der Waals surface area (Å²) >= 11 is 0. The highest BCUT2D eigenvalue weighted by Crippen LogP contribution is 2.42. The lowest BCUT2D eigenvalue weighted by molar-refractivity contribution is 0.474. The van der Waals surface area contributed by atoms with E-state index in [4.69, 9.17) is 4.42 Å². The van der Waals surface area contributed by atoms with Crippen LogP contribution in [-0.4, -0.2) is 18.1 Å². The van der Waals surface area contributed by atoms with Crippen molar-refractivity contribution in [1.29, 1.82) is 0 Å². The first kappa shape index (κ1) is 16.3. The van der Waals surface area contributed by atoms with E-state index in [2.05, 4.69) is 0 Å². The van der Waals surface area contributed by atoms with Crippen LogP contribution in [0.25, 0.3) is 33.4 Å². The lowest BCUT2D eigenvalue weighted by Gasteiger charge is -2.16. The zero-order chi connectivity index (χ0) is 18.5. The highest BCUT2D eigenvalue weighted by Gasteiger charge is 2.23. The van der Waals surface area contributed by atoms with Crippen LogP contribution in [-0.2, 0) is 10.1 Å². The topological polar surface area (TPSA) is 105 Å². The summed E-state index contributed by atoms with van der Waals surface area (Å²) in [6, 6.07) is 14.6. The van der Waals surface area contributed by atoms with Gasteiger partial charge in [-0.1, -0.05) is 18.2 Å². The Balaban J connectivity index is 2.24. The third-order valence-corrected chi connectivity index (χ3v) is 5.02. The second-order valence-electron chi connectivity index (χ2n) is 5.79. The number of hydrogen-bond acceptors (Lipinski definition) is 5. The van der Waals surface area contributed by atoms with E-state index >= 15 is 0 Å². The van der Waals surface area contributed by atoms with Crippen molar-refractivity contribution < 1.29 is 22.5 Å². The number of fused-ring (bicyclic) bond motifs is 2. The predicted octanol–water partition coefficient (Wildman–Crippen LogP) is 3.52. The molecule has 2 N–H and O–H groups in total. The third kappa shape index (κ3) is 2.63. The van der Waals surface area contributed by atoms with Crippen molar-refractivity contribution in [3.63, 3.8) is 0 Å². The maximum Gasteiger partial charge on any atom is 0.295 e. The normalized spacial score (nSPS) is 11.9. The van der Waals surface area contributed by atoms with Gasteiger partial charge in [0.05, 0.1) is 0 Å². The van der Waals surface area contributed by atoms with Gasteiger partial charge in [0.1, 0.15) is 22.0 Å². The van der Waals surface area contributed by atoms with Crippen molar-refractivity contribution >= 4 is 21.1 Å². The van der Waals surface area contributed by atoms with Crippen molar-refractivity contribution in [3.05, 3.63) is 70.9 Å². The Kier molecular flexibility index (Phi) is 3.57. The summed E-state index contributed by atoms with van der Waals surface area (Å²) in [5.41, 5.74) is 1.27. The molecule has 0 fully saturated rings. The van der Waals surface area contributed by atoms with Gasteiger partial charge in [0.2, 0.25) is 0 Å². The van der Waals surface area contributed by atoms with Gasteiger partial charge >= 0.3 is 0 Å². The van der Waals surface area contributed by atoms with E-state index in [0.717, 1.165) is 0 Å². The molecule has 7 heteroatoms. The lowest BCUT2D eigenvalue weighted by Crippen LogP contribution is -2.03. The van der Waals surface area contributed by atoms with Crippen LogP contribution in [0, 0.1) is 0 Å². The molecule has 4 rings (SSSR count). The second-order valence-corrected chi connectivity index (χ2v) is 7.18. The van der Waals surface area contributed by atoms with Gasteiger partial charge < -0.3 is 9.52 Å². The molecule has 1 aliphatic carbocycles. The molecule has 1 aliphatic heterocycles. The maximum absolute atomic E-state index is 11.8. The monoisotopic (exact) mass is 368 g/mol. The molecule has 26 heavy (non-hydrogen) atoms. The van der Waals surface area contributed by atoms with Gasteiger partial charge in [-0.3, -0.25) is 9.35 Å². The molecule has 0 atom stereocenters. The molecule has 6 nitrogen and oxygen atoms in total. The predicted molar refractivity (Wildman–Crippen MR) is 96.0 cm³/mol. The van der Waals surface area contributed by atoms with E-state index in [9.17, 15) is 22.9 Å². The zero-order valence-corrected chi connectivity index (χ0v) is 14.0. The Labute approximate surface area is 148 Å². The number of rotatable bonds is 2. The molecule has 130 valence electrons. The fourth-order valence-corrected chi connectivity index (χ4v) is 3.75. The van der Waals surface area contributed by atoms with Crippen molar-refractivity contribution in [3.8, 4) is 28.2 Å². The number of phenols is 1. The molecule has 2 aromatic carbocycles. The van der Waals surface area contributed by atoms with Gasteiger partial charge in [0.15, 0.2) is 5.43 Å². The molecule has 2 aliphatic rings. The van der Waals surface area contributed by atoms with Crippen molar-refractivity contribution in [1.82, 2.24) is 0 Å². The molecular formula is C19H12O6S. The molecule has 2 aromatic rings.